The molecule has 0 unspecified atom stereocenters. The maximum Gasteiger partial charge on any atom is 0.244 e. The van der Waals surface area contributed by atoms with Crippen molar-refractivity contribution in [3.63, 3.8) is 0 Å². The van der Waals surface area contributed by atoms with E-state index in [1.807, 2.05) is 70.2 Å². The van der Waals surface area contributed by atoms with Crippen LogP contribution in [0.5, 0.6) is 0 Å². The summed E-state index contributed by atoms with van der Waals surface area (Å²) in [5.74, 6) is -0.475. The van der Waals surface area contributed by atoms with Gasteiger partial charge >= 0.3 is 0 Å². The van der Waals surface area contributed by atoms with Crippen molar-refractivity contribution in [3.8, 4) is 0 Å². The van der Waals surface area contributed by atoms with Crippen molar-refractivity contribution in [2.24, 2.45) is 5.92 Å². The Bertz CT molecular complexity index is 1100. The molecule has 0 heterocycles. The van der Waals surface area contributed by atoms with Gasteiger partial charge in [-0.05, 0) is 55.5 Å². The van der Waals surface area contributed by atoms with E-state index < -0.39 is 28.5 Å². The smallest absolute Gasteiger partial charge is 0.244 e. The zero-order valence-electron chi connectivity index (χ0n) is 20.6. The number of carbonyl (C=O) groups is 2. The summed E-state index contributed by atoms with van der Waals surface area (Å²) < 4.78 is 27.5. The first kappa shape index (κ1) is 27.9. The molecule has 0 fully saturated rings. The van der Waals surface area contributed by atoms with E-state index >= 15 is 0 Å². The van der Waals surface area contributed by atoms with E-state index in [4.69, 9.17) is 0 Å². The molecule has 2 amide bonds. The second-order valence-electron chi connectivity index (χ2n) is 8.97. The van der Waals surface area contributed by atoms with Crippen LogP contribution in [-0.2, 0) is 26.2 Å². The van der Waals surface area contributed by atoms with E-state index in [0.717, 1.165) is 31.7 Å². The molecule has 2 aromatic rings. The van der Waals surface area contributed by atoms with Crippen molar-refractivity contribution in [1.82, 2.24) is 10.2 Å². The molecule has 2 rings (SSSR count). The standard InChI is InChI=1S/C25H34BrN3O4S/c1-17(2)14-27-25(31)20(5)28(15-21-10-12-22(26)13-11-21)23(30)16-29(34(6,32)33)24-18(3)8-7-9-19(24)4/h7-13,17,20H,14-16H2,1-6H3,(H,27,31)/t20-/m0/s1. The summed E-state index contributed by atoms with van der Waals surface area (Å²) in [4.78, 5) is 27.9. The third-order valence-corrected chi connectivity index (χ3v) is 7.13. The fraction of sp³-hybridized carbons (Fsp3) is 0.440. The number of rotatable bonds is 10. The summed E-state index contributed by atoms with van der Waals surface area (Å²) >= 11 is 3.40. The lowest BCUT2D eigenvalue weighted by Crippen LogP contribution is -2.51. The minimum absolute atomic E-state index is 0.173. The Kier molecular flexibility index (Phi) is 9.70. The van der Waals surface area contributed by atoms with Crippen LogP contribution in [0.4, 0.5) is 5.69 Å². The molecule has 2 aromatic carbocycles. The van der Waals surface area contributed by atoms with Crippen LogP contribution in [0.1, 0.15) is 37.5 Å². The second-order valence-corrected chi connectivity index (χ2v) is 11.8. The molecule has 0 saturated carbocycles. The maximum atomic E-state index is 13.6. The first-order valence-electron chi connectivity index (χ1n) is 11.2. The summed E-state index contributed by atoms with van der Waals surface area (Å²) in [6, 6.07) is 12.1. The number of carbonyl (C=O) groups excluding carboxylic acids is 2. The lowest BCUT2D eigenvalue weighted by atomic mass is 10.1. The minimum Gasteiger partial charge on any atom is -0.354 e. The maximum absolute atomic E-state index is 13.6. The highest BCUT2D eigenvalue weighted by Gasteiger charge is 2.31. The highest BCUT2D eigenvalue weighted by molar-refractivity contribution is 9.10. The van der Waals surface area contributed by atoms with E-state index in [0.29, 0.717) is 12.2 Å². The van der Waals surface area contributed by atoms with Crippen LogP contribution in [0, 0.1) is 19.8 Å². The normalized spacial score (nSPS) is 12.4. The summed E-state index contributed by atoms with van der Waals surface area (Å²) in [6.07, 6.45) is 1.09. The predicted molar refractivity (Wildman–Crippen MR) is 140 cm³/mol. The first-order chi connectivity index (χ1) is 15.8. The molecule has 9 heteroatoms. The van der Waals surface area contributed by atoms with Gasteiger partial charge in [-0.2, -0.15) is 0 Å². The van der Waals surface area contributed by atoms with Crippen LogP contribution in [-0.4, -0.2) is 50.5 Å². The largest absolute Gasteiger partial charge is 0.354 e. The number of nitrogens with zero attached hydrogens (tertiary/aromatic N) is 2. The highest BCUT2D eigenvalue weighted by atomic mass is 79.9. The topological polar surface area (TPSA) is 86.8 Å². The number of anilines is 1. The highest BCUT2D eigenvalue weighted by Crippen LogP contribution is 2.27. The molecule has 186 valence electrons. The van der Waals surface area contributed by atoms with Gasteiger partial charge in [0.15, 0.2) is 0 Å². The Hall–Kier alpha value is -2.39. The number of nitrogens with one attached hydrogen (secondary N) is 1. The number of aryl methyl sites for hydroxylation is 2. The van der Waals surface area contributed by atoms with Gasteiger partial charge in [-0.3, -0.25) is 13.9 Å². The van der Waals surface area contributed by atoms with Crippen LogP contribution in [0.3, 0.4) is 0 Å². The molecule has 0 spiro atoms. The molecule has 0 saturated heterocycles. The van der Waals surface area contributed by atoms with Gasteiger partial charge < -0.3 is 10.2 Å². The molecule has 1 atom stereocenters. The summed E-state index contributed by atoms with van der Waals surface area (Å²) in [7, 11) is -3.76. The molecule has 0 aliphatic heterocycles. The minimum atomic E-state index is -3.76. The van der Waals surface area contributed by atoms with Crippen LogP contribution >= 0.6 is 15.9 Å². The van der Waals surface area contributed by atoms with Crippen LogP contribution in [0.2, 0.25) is 0 Å². The molecule has 7 nitrogen and oxygen atoms in total. The SMILES string of the molecule is Cc1cccc(C)c1N(CC(=O)N(Cc1ccc(Br)cc1)[C@@H](C)C(=O)NCC(C)C)S(C)(=O)=O. The molecule has 0 aromatic heterocycles. The van der Waals surface area contributed by atoms with E-state index in [9.17, 15) is 18.0 Å². The van der Waals surface area contributed by atoms with Gasteiger partial charge in [0.25, 0.3) is 0 Å². The Labute approximate surface area is 211 Å². The average molecular weight is 553 g/mol. The third-order valence-electron chi connectivity index (χ3n) is 5.49. The Morgan fingerprint density at radius 2 is 1.56 bits per heavy atom. The number of benzene rings is 2. The van der Waals surface area contributed by atoms with Crippen molar-refractivity contribution >= 4 is 43.5 Å². The van der Waals surface area contributed by atoms with Crippen LogP contribution < -0.4 is 9.62 Å². The zero-order chi connectivity index (χ0) is 25.6. The molecule has 34 heavy (non-hydrogen) atoms. The summed E-state index contributed by atoms with van der Waals surface area (Å²) in [5.41, 5.74) is 2.82. The number of para-hydroxylation sites is 1. The molecule has 1 N–H and O–H groups in total. The molecular weight excluding hydrogens is 518 g/mol. The average Bonchev–Trinajstić information content (AvgIpc) is 2.74. The quantitative estimate of drug-likeness (QED) is 0.483. The number of halogens is 1. The van der Waals surface area contributed by atoms with Gasteiger partial charge in [0.2, 0.25) is 21.8 Å². The molecule has 0 aliphatic rings. The van der Waals surface area contributed by atoms with Crippen molar-refractivity contribution in [2.45, 2.75) is 47.2 Å². The van der Waals surface area contributed by atoms with Crippen LogP contribution in [0.15, 0.2) is 46.9 Å². The summed E-state index contributed by atoms with van der Waals surface area (Å²) in [5, 5.41) is 2.87. The lowest BCUT2D eigenvalue weighted by Gasteiger charge is -2.32. The molecule has 0 aliphatic carbocycles. The number of hydrogen-bond donors (Lipinski definition) is 1. The second kappa shape index (κ2) is 11.8. The Morgan fingerprint density at radius 1 is 1.00 bits per heavy atom. The van der Waals surface area contributed by atoms with Gasteiger partial charge in [-0.15, -0.1) is 0 Å². The van der Waals surface area contributed by atoms with Crippen molar-refractivity contribution in [2.75, 3.05) is 23.7 Å². The van der Waals surface area contributed by atoms with Crippen LogP contribution in [0.25, 0.3) is 0 Å². The van der Waals surface area contributed by atoms with Gasteiger partial charge in [0.05, 0.1) is 11.9 Å². The van der Waals surface area contributed by atoms with Gasteiger partial charge in [0.1, 0.15) is 12.6 Å². The predicted octanol–water partition coefficient (Wildman–Crippen LogP) is 4.02. The molecule has 0 bridgehead atoms. The third kappa shape index (κ3) is 7.56. The molecule has 0 radical (unpaired) electrons. The fourth-order valence-corrected chi connectivity index (χ4v) is 4.83. The van der Waals surface area contributed by atoms with Crippen molar-refractivity contribution in [3.05, 3.63) is 63.6 Å². The number of hydrogen-bond acceptors (Lipinski definition) is 4. The van der Waals surface area contributed by atoms with Gasteiger partial charge in [0, 0.05) is 17.6 Å². The van der Waals surface area contributed by atoms with E-state index in [2.05, 4.69) is 21.2 Å². The molecular formula is C25H34BrN3O4S. The lowest BCUT2D eigenvalue weighted by molar-refractivity contribution is -0.139. The summed E-state index contributed by atoms with van der Waals surface area (Å²) in [6.45, 7) is 9.53. The van der Waals surface area contributed by atoms with Crippen molar-refractivity contribution < 1.29 is 18.0 Å². The Morgan fingerprint density at radius 3 is 2.06 bits per heavy atom. The van der Waals surface area contributed by atoms with Gasteiger partial charge in [-0.1, -0.05) is 60.1 Å². The zero-order valence-corrected chi connectivity index (χ0v) is 23.0. The first-order valence-corrected chi connectivity index (χ1v) is 13.8. The monoisotopic (exact) mass is 551 g/mol. The number of amides is 2. The van der Waals surface area contributed by atoms with E-state index in [1.165, 1.54) is 4.90 Å². The Balaban J connectivity index is 2.41. The van der Waals surface area contributed by atoms with E-state index in [1.54, 1.807) is 6.92 Å². The van der Waals surface area contributed by atoms with Crippen molar-refractivity contribution in [1.29, 1.82) is 0 Å². The van der Waals surface area contributed by atoms with E-state index in [-0.39, 0.29) is 18.4 Å². The number of sulfonamides is 1. The van der Waals surface area contributed by atoms with Gasteiger partial charge in [-0.25, -0.2) is 8.42 Å². The fourth-order valence-electron chi connectivity index (χ4n) is 3.60.